The number of benzene rings is 2. The van der Waals surface area contributed by atoms with Crippen LogP contribution in [0.1, 0.15) is 21.5 Å². The largest absolute Gasteiger partial charge is 0.332 e. The smallest absolute Gasteiger partial charge is 0.292 e. The highest BCUT2D eigenvalue weighted by Crippen LogP contribution is 2.09. The van der Waals surface area contributed by atoms with Crippen LogP contribution >= 0.6 is 0 Å². The number of Topliss-reactive ketones (excluding diaryl/α,β-unsaturated/α-hetero) is 1. The van der Waals surface area contributed by atoms with Crippen LogP contribution in [0.5, 0.6) is 0 Å². The Labute approximate surface area is 166 Å². The van der Waals surface area contributed by atoms with E-state index in [1.165, 1.54) is 10.8 Å². The Morgan fingerprint density at radius 1 is 0.897 bits per heavy atom. The molecule has 0 unspecified atom stereocenters. The van der Waals surface area contributed by atoms with Crippen LogP contribution in [0.2, 0.25) is 0 Å². The molecule has 0 saturated carbocycles. The van der Waals surface area contributed by atoms with E-state index in [0.29, 0.717) is 11.1 Å². The van der Waals surface area contributed by atoms with Crippen molar-refractivity contribution >= 4 is 16.8 Å². The summed E-state index contributed by atoms with van der Waals surface area (Å²) in [7, 11) is 0. The van der Waals surface area contributed by atoms with Gasteiger partial charge in [-0.15, -0.1) is 0 Å². The van der Waals surface area contributed by atoms with E-state index in [9.17, 15) is 14.4 Å². The number of rotatable bonds is 5. The summed E-state index contributed by atoms with van der Waals surface area (Å²) in [5.41, 5.74) is 1.95. The lowest BCUT2D eigenvalue weighted by Crippen LogP contribution is -2.41. The number of aryl methyl sites for hydroxylation is 1. The summed E-state index contributed by atoms with van der Waals surface area (Å²) >= 11 is 0. The molecule has 0 N–H and O–H groups in total. The fourth-order valence-electron chi connectivity index (χ4n) is 3.27. The first-order chi connectivity index (χ1) is 14.0. The van der Waals surface area contributed by atoms with E-state index < -0.39 is 11.2 Å². The quantitative estimate of drug-likeness (QED) is 0.495. The zero-order valence-corrected chi connectivity index (χ0v) is 15.9. The Morgan fingerprint density at radius 2 is 1.62 bits per heavy atom. The van der Waals surface area contributed by atoms with Gasteiger partial charge < -0.3 is 0 Å². The highest BCUT2D eigenvalue weighted by molar-refractivity contribution is 5.96. The van der Waals surface area contributed by atoms with E-state index in [0.717, 1.165) is 15.7 Å². The van der Waals surface area contributed by atoms with Crippen LogP contribution < -0.4 is 11.2 Å². The van der Waals surface area contributed by atoms with Crippen molar-refractivity contribution in [1.82, 2.24) is 14.1 Å². The molecule has 29 heavy (non-hydrogen) atoms. The van der Waals surface area contributed by atoms with Gasteiger partial charge >= 0.3 is 5.69 Å². The maximum atomic E-state index is 13.2. The maximum absolute atomic E-state index is 13.2. The molecule has 144 valence electrons. The summed E-state index contributed by atoms with van der Waals surface area (Å²) in [6, 6.07) is 19.7. The average Bonchev–Trinajstić information content (AvgIpc) is 2.76. The Bertz CT molecular complexity index is 1300. The number of hydrogen-bond acceptors (Lipinski definition) is 4. The number of hydrogen-bond donors (Lipinski definition) is 0. The van der Waals surface area contributed by atoms with Gasteiger partial charge in [0.15, 0.2) is 11.3 Å². The van der Waals surface area contributed by atoms with Gasteiger partial charge in [-0.1, -0.05) is 60.2 Å². The minimum atomic E-state index is -0.527. The third-order valence-corrected chi connectivity index (χ3v) is 4.85. The van der Waals surface area contributed by atoms with Crippen molar-refractivity contribution in [2.45, 2.75) is 20.0 Å². The molecule has 0 saturated heterocycles. The Kier molecular flexibility index (Phi) is 4.91. The number of ketones is 1. The van der Waals surface area contributed by atoms with Gasteiger partial charge in [-0.2, -0.15) is 0 Å². The van der Waals surface area contributed by atoms with Crippen molar-refractivity contribution in [3.8, 4) is 0 Å². The number of fused-ring (bicyclic) bond motifs is 1. The molecule has 0 aliphatic carbocycles. The molecule has 4 rings (SSSR count). The number of nitrogens with zero attached hydrogens (tertiary/aromatic N) is 3. The van der Waals surface area contributed by atoms with Crippen molar-refractivity contribution in [2.24, 2.45) is 0 Å². The molecule has 2 heterocycles. The molecule has 2 aromatic carbocycles. The third-order valence-electron chi connectivity index (χ3n) is 4.85. The normalized spacial score (nSPS) is 10.9. The first-order valence-corrected chi connectivity index (χ1v) is 9.27. The predicted octanol–water partition coefficient (Wildman–Crippen LogP) is 2.80. The molecule has 2 aromatic heterocycles. The monoisotopic (exact) mass is 385 g/mol. The van der Waals surface area contributed by atoms with E-state index in [1.807, 2.05) is 37.3 Å². The van der Waals surface area contributed by atoms with Gasteiger partial charge in [0.25, 0.3) is 5.56 Å². The number of carbonyl (C=O) groups is 1. The van der Waals surface area contributed by atoms with Gasteiger partial charge in [0.2, 0.25) is 0 Å². The van der Waals surface area contributed by atoms with Crippen molar-refractivity contribution in [3.63, 3.8) is 0 Å². The van der Waals surface area contributed by atoms with Gasteiger partial charge in [-0.3, -0.25) is 18.7 Å². The predicted molar refractivity (Wildman–Crippen MR) is 111 cm³/mol. The molecule has 6 nitrogen and oxygen atoms in total. The molecule has 0 bridgehead atoms. The van der Waals surface area contributed by atoms with E-state index in [1.54, 1.807) is 36.4 Å². The lowest BCUT2D eigenvalue weighted by molar-refractivity contribution is 0.0971. The first kappa shape index (κ1) is 18.6. The zero-order valence-electron chi connectivity index (χ0n) is 15.9. The minimum absolute atomic E-state index is 0.115. The lowest BCUT2D eigenvalue weighted by atomic mass is 10.1. The van der Waals surface area contributed by atoms with Gasteiger partial charge in [-0.05, 0) is 24.6 Å². The summed E-state index contributed by atoms with van der Waals surface area (Å²) in [6.45, 7) is 1.92. The second kappa shape index (κ2) is 7.67. The van der Waals surface area contributed by atoms with Crippen molar-refractivity contribution in [2.75, 3.05) is 0 Å². The molecule has 4 aromatic rings. The first-order valence-electron chi connectivity index (χ1n) is 9.27. The van der Waals surface area contributed by atoms with Crippen molar-refractivity contribution < 1.29 is 4.79 Å². The Morgan fingerprint density at radius 3 is 2.34 bits per heavy atom. The second-order valence-corrected chi connectivity index (χ2v) is 6.91. The molecule has 0 radical (unpaired) electrons. The summed E-state index contributed by atoms with van der Waals surface area (Å²) in [5.74, 6) is -0.210. The van der Waals surface area contributed by atoms with Gasteiger partial charge in [0.05, 0.1) is 18.6 Å². The fourth-order valence-corrected chi connectivity index (χ4v) is 3.27. The van der Waals surface area contributed by atoms with Crippen LogP contribution in [-0.2, 0) is 13.1 Å². The fraction of sp³-hybridized carbons (Fsp3) is 0.130. The van der Waals surface area contributed by atoms with E-state index in [2.05, 4.69) is 4.98 Å². The molecular formula is C23H19N3O3. The molecule has 0 spiro atoms. The summed E-state index contributed by atoms with van der Waals surface area (Å²) in [4.78, 5) is 43.0. The molecule has 6 heteroatoms. The number of aromatic nitrogens is 3. The van der Waals surface area contributed by atoms with Crippen LogP contribution in [0.15, 0.2) is 82.5 Å². The molecule has 0 amide bonds. The van der Waals surface area contributed by atoms with Crippen LogP contribution in [-0.4, -0.2) is 19.9 Å². The van der Waals surface area contributed by atoms with Gasteiger partial charge in [0, 0.05) is 11.8 Å². The Hall–Kier alpha value is -3.80. The lowest BCUT2D eigenvalue weighted by Gasteiger charge is -2.13. The summed E-state index contributed by atoms with van der Waals surface area (Å²) in [6.07, 6.45) is 1.51. The second-order valence-electron chi connectivity index (χ2n) is 6.91. The van der Waals surface area contributed by atoms with Crippen LogP contribution in [0.25, 0.3) is 11.0 Å². The standard InChI is InChI=1S/C23H19N3O3/c1-16-9-11-17(12-10-16)14-26-22(28)21-19(8-5-13-24-21)25(23(26)29)15-20(27)18-6-3-2-4-7-18/h2-13H,14-15H2,1H3. The number of carbonyl (C=O) groups excluding carboxylic acids is 1. The topological polar surface area (TPSA) is 74.0 Å². The Balaban J connectivity index is 1.85. The number of pyridine rings is 1. The molecule has 0 atom stereocenters. The molecule has 0 fully saturated rings. The van der Waals surface area contributed by atoms with Gasteiger partial charge in [0.1, 0.15) is 0 Å². The third kappa shape index (κ3) is 3.65. The van der Waals surface area contributed by atoms with Crippen molar-refractivity contribution in [3.05, 3.63) is 110 Å². The highest BCUT2D eigenvalue weighted by Gasteiger charge is 2.17. The van der Waals surface area contributed by atoms with E-state index >= 15 is 0 Å². The zero-order chi connectivity index (χ0) is 20.4. The molecule has 0 aliphatic heterocycles. The summed E-state index contributed by atoms with van der Waals surface area (Å²) in [5, 5.41) is 0. The van der Waals surface area contributed by atoms with E-state index in [-0.39, 0.29) is 24.4 Å². The average molecular weight is 385 g/mol. The van der Waals surface area contributed by atoms with Crippen LogP contribution in [0, 0.1) is 6.92 Å². The maximum Gasteiger partial charge on any atom is 0.332 e. The molecular weight excluding hydrogens is 366 g/mol. The highest BCUT2D eigenvalue weighted by atomic mass is 16.2. The summed E-state index contributed by atoms with van der Waals surface area (Å²) < 4.78 is 2.46. The van der Waals surface area contributed by atoms with Crippen LogP contribution in [0.3, 0.4) is 0 Å². The van der Waals surface area contributed by atoms with E-state index in [4.69, 9.17) is 0 Å². The van der Waals surface area contributed by atoms with Gasteiger partial charge in [-0.25, -0.2) is 9.78 Å². The van der Waals surface area contributed by atoms with Crippen LogP contribution in [0.4, 0.5) is 0 Å². The molecule has 0 aliphatic rings. The minimum Gasteiger partial charge on any atom is -0.292 e. The van der Waals surface area contributed by atoms with Crippen molar-refractivity contribution in [1.29, 1.82) is 0 Å². The SMILES string of the molecule is Cc1ccc(Cn2c(=O)c3ncccc3n(CC(=O)c3ccccc3)c2=O)cc1.